The lowest BCUT2D eigenvalue weighted by molar-refractivity contribution is -0.144. The highest BCUT2D eigenvalue weighted by Gasteiger charge is 2.44. The number of carbonyl (C=O) groups excluding carboxylic acids is 3. The Morgan fingerprint density at radius 2 is 1.60 bits per heavy atom. The number of piperidine rings is 2. The summed E-state index contributed by atoms with van der Waals surface area (Å²) in [6.07, 6.45) is 5.25. The van der Waals surface area contributed by atoms with Crippen LogP contribution in [0.4, 0.5) is 0 Å². The molecule has 1 atom stereocenters. The molecule has 282 valence electrons. The number of amides is 1. The van der Waals surface area contributed by atoms with Gasteiger partial charge < -0.3 is 24.7 Å². The molecule has 4 aromatic rings. The van der Waals surface area contributed by atoms with E-state index in [2.05, 4.69) is 54.2 Å². The van der Waals surface area contributed by atoms with Gasteiger partial charge >= 0.3 is 11.9 Å². The molecule has 7 rings (SSSR count). The fourth-order valence-corrected chi connectivity index (χ4v) is 8.23. The molecule has 2 aromatic carbocycles. The van der Waals surface area contributed by atoms with Crippen molar-refractivity contribution in [1.29, 1.82) is 0 Å². The van der Waals surface area contributed by atoms with E-state index in [0.29, 0.717) is 29.2 Å². The van der Waals surface area contributed by atoms with Crippen molar-refractivity contribution in [2.45, 2.75) is 110 Å². The number of esters is 2. The number of rotatable bonds is 11. The molecule has 2 bridgehead atoms. The lowest BCUT2D eigenvalue weighted by Gasteiger charge is -2.47. The van der Waals surface area contributed by atoms with Crippen LogP contribution in [0.15, 0.2) is 48.5 Å². The van der Waals surface area contributed by atoms with Gasteiger partial charge in [0.1, 0.15) is 5.60 Å². The van der Waals surface area contributed by atoms with Crippen LogP contribution in [0.3, 0.4) is 0 Å². The molecular formula is C44H56N4O5. The average Bonchev–Trinajstić information content (AvgIpc) is 3.52. The third-order valence-corrected chi connectivity index (χ3v) is 11.0. The number of hydrogen-bond acceptors (Lipinski definition) is 7. The molecule has 2 saturated heterocycles. The molecule has 2 N–H and O–H groups in total. The van der Waals surface area contributed by atoms with Gasteiger partial charge in [0.2, 0.25) is 5.91 Å². The summed E-state index contributed by atoms with van der Waals surface area (Å²) in [7, 11) is 1.38. The van der Waals surface area contributed by atoms with Crippen LogP contribution in [0.5, 0.6) is 0 Å². The van der Waals surface area contributed by atoms with Crippen LogP contribution >= 0.6 is 0 Å². The van der Waals surface area contributed by atoms with Crippen LogP contribution in [0.25, 0.3) is 22.2 Å². The highest BCUT2D eigenvalue weighted by Crippen LogP contribution is 2.41. The number of carbonyl (C=O) groups is 3. The smallest absolute Gasteiger partial charge is 0.359 e. The zero-order valence-electron chi connectivity index (χ0n) is 32.9. The van der Waals surface area contributed by atoms with Crippen molar-refractivity contribution in [3.8, 4) is 11.3 Å². The molecule has 0 radical (unpaired) electrons. The number of aryl methyl sites for hydroxylation is 2. The van der Waals surface area contributed by atoms with E-state index < -0.39 is 17.0 Å². The van der Waals surface area contributed by atoms with E-state index >= 15 is 0 Å². The quantitative estimate of drug-likeness (QED) is 0.119. The Morgan fingerprint density at radius 1 is 0.943 bits per heavy atom. The largest absolute Gasteiger partial charge is 0.465 e. The Kier molecular flexibility index (Phi) is 10.9. The number of aromatic nitrogens is 2. The van der Waals surface area contributed by atoms with Crippen molar-refractivity contribution in [3.05, 3.63) is 87.7 Å². The Labute approximate surface area is 314 Å². The predicted octanol–water partition coefficient (Wildman–Crippen LogP) is 8.20. The minimum atomic E-state index is -0.970. The van der Waals surface area contributed by atoms with Gasteiger partial charge in [-0.3, -0.25) is 4.79 Å². The lowest BCUT2D eigenvalue weighted by atomic mass is 9.77. The number of methoxy groups -OCH3 is 1. The summed E-state index contributed by atoms with van der Waals surface area (Å²) < 4.78 is 10.8. The van der Waals surface area contributed by atoms with Gasteiger partial charge in [-0.2, -0.15) is 0 Å². The Bertz CT molecular complexity index is 1980. The van der Waals surface area contributed by atoms with Crippen LogP contribution in [0.1, 0.15) is 122 Å². The average molecular weight is 721 g/mol. The Morgan fingerprint density at radius 3 is 2.19 bits per heavy atom. The van der Waals surface area contributed by atoms with Crippen molar-refractivity contribution in [2.24, 2.45) is 5.92 Å². The fraction of sp³-hybridized carbons (Fsp3) is 0.500. The fourth-order valence-electron chi connectivity index (χ4n) is 8.23. The molecule has 2 aromatic heterocycles. The van der Waals surface area contributed by atoms with E-state index in [9.17, 15) is 14.4 Å². The summed E-state index contributed by atoms with van der Waals surface area (Å²) in [5, 5.41) is 4.53. The number of ether oxygens (including phenoxy) is 2. The number of pyridine rings is 1. The molecule has 3 aliphatic rings. The topological polar surface area (TPSA) is 114 Å². The second kappa shape index (κ2) is 15.1. The molecule has 0 unspecified atom stereocenters. The van der Waals surface area contributed by atoms with Crippen LogP contribution in [-0.2, 0) is 26.1 Å². The van der Waals surface area contributed by atoms with Gasteiger partial charge in [0.05, 0.1) is 35.0 Å². The summed E-state index contributed by atoms with van der Waals surface area (Å²) in [6, 6.07) is 16.3. The summed E-state index contributed by atoms with van der Waals surface area (Å²) in [6.45, 7) is 18.0. The van der Waals surface area contributed by atoms with Crippen LogP contribution in [0, 0.1) is 19.8 Å². The standard InChI is InChI=1S/C44H56N4O5/c1-26-20-27(2)22-32(21-26)37-36(28(3)24-45-19-18-29-10-14-31(15-11-29)40(49)52-9)34-23-35(46-39(38(34)47-37)41(50)53-43(4,5)6)44(7,8)42(51)48-25-30-12-16-33(48)17-13-30/h10-11,14-15,20-23,28,30,33,45,47H,12-13,16-19,24-25H2,1-9H3/t28-,30?,33?/m1/s1. The first-order valence-corrected chi connectivity index (χ1v) is 19.1. The first-order valence-electron chi connectivity index (χ1n) is 19.1. The molecule has 9 nitrogen and oxygen atoms in total. The molecule has 1 amide bonds. The molecular weight excluding hydrogens is 665 g/mol. The molecule has 3 fully saturated rings. The summed E-state index contributed by atoms with van der Waals surface area (Å²) >= 11 is 0. The molecule has 1 saturated carbocycles. The minimum Gasteiger partial charge on any atom is -0.465 e. The maximum Gasteiger partial charge on any atom is 0.359 e. The predicted molar refractivity (Wildman–Crippen MR) is 209 cm³/mol. The van der Waals surface area contributed by atoms with Crippen molar-refractivity contribution in [1.82, 2.24) is 20.2 Å². The molecule has 9 heteroatoms. The SMILES string of the molecule is COC(=O)c1ccc(CCNC[C@@H](C)c2c(-c3cc(C)cc(C)c3)[nH]c3c(C(=O)OC(C)(C)C)nc(C(C)(C)C(=O)N4CC5CCC4CC5)cc23)cc1. The summed E-state index contributed by atoms with van der Waals surface area (Å²) in [4.78, 5) is 51.1. The number of aromatic amines is 1. The van der Waals surface area contributed by atoms with Crippen molar-refractivity contribution in [2.75, 3.05) is 26.7 Å². The molecule has 4 heterocycles. The summed E-state index contributed by atoms with van der Waals surface area (Å²) in [5.74, 6) is -0.235. The molecule has 2 aliphatic heterocycles. The van der Waals surface area contributed by atoms with Crippen LogP contribution in [0.2, 0.25) is 0 Å². The number of H-pyrrole nitrogens is 1. The third-order valence-electron chi connectivity index (χ3n) is 11.0. The van der Waals surface area contributed by atoms with Gasteiger partial charge in [0.15, 0.2) is 5.69 Å². The second-order valence-electron chi connectivity index (χ2n) is 16.9. The van der Waals surface area contributed by atoms with E-state index in [-0.39, 0.29) is 29.5 Å². The summed E-state index contributed by atoms with van der Waals surface area (Å²) in [5.41, 5.74) is 6.63. The minimum absolute atomic E-state index is 0.0136. The Balaban J connectivity index is 1.41. The molecule has 53 heavy (non-hydrogen) atoms. The first-order chi connectivity index (χ1) is 25.0. The Hall–Kier alpha value is -4.50. The van der Waals surface area contributed by atoms with E-state index in [4.69, 9.17) is 14.5 Å². The zero-order chi connectivity index (χ0) is 38.2. The van der Waals surface area contributed by atoms with E-state index in [1.54, 1.807) is 12.1 Å². The third kappa shape index (κ3) is 8.20. The van der Waals surface area contributed by atoms with Crippen LogP contribution in [-0.4, -0.2) is 71.1 Å². The van der Waals surface area contributed by atoms with Crippen molar-refractivity contribution < 1.29 is 23.9 Å². The molecule has 1 aliphatic carbocycles. The van der Waals surface area contributed by atoms with Gasteiger partial charge in [0.25, 0.3) is 0 Å². The van der Waals surface area contributed by atoms with Gasteiger partial charge in [0, 0.05) is 24.5 Å². The highest BCUT2D eigenvalue weighted by molar-refractivity contribution is 6.05. The lowest BCUT2D eigenvalue weighted by Crippen LogP contribution is -2.55. The normalized spacial score (nSPS) is 17.9. The number of nitrogens with one attached hydrogen (secondary N) is 2. The maximum absolute atomic E-state index is 14.5. The number of nitrogens with zero attached hydrogens (tertiary/aromatic N) is 2. The van der Waals surface area contributed by atoms with E-state index in [1.807, 2.05) is 52.8 Å². The van der Waals surface area contributed by atoms with Crippen molar-refractivity contribution >= 4 is 28.7 Å². The molecule has 0 spiro atoms. The van der Waals surface area contributed by atoms with Gasteiger partial charge in [-0.15, -0.1) is 0 Å². The van der Waals surface area contributed by atoms with Gasteiger partial charge in [-0.25, -0.2) is 14.6 Å². The monoisotopic (exact) mass is 720 g/mol. The van der Waals surface area contributed by atoms with Gasteiger partial charge in [-0.1, -0.05) is 36.2 Å². The van der Waals surface area contributed by atoms with Crippen molar-refractivity contribution in [3.63, 3.8) is 0 Å². The van der Waals surface area contributed by atoms with Crippen LogP contribution < -0.4 is 5.32 Å². The highest BCUT2D eigenvalue weighted by atomic mass is 16.6. The van der Waals surface area contributed by atoms with E-state index in [1.165, 1.54) is 20.0 Å². The number of hydrogen-bond donors (Lipinski definition) is 2. The second-order valence-corrected chi connectivity index (χ2v) is 16.9. The number of fused-ring (bicyclic) bond motifs is 4. The zero-order valence-corrected chi connectivity index (χ0v) is 32.9. The van der Waals surface area contributed by atoms with Gasteiger partial charge in [-0.05, 0) is 146 Å². The number of benzene rings is 2. The van der Waals surface area contributed by atoms with E-state index in [0.717, 1.165) is 71.2 Å². The first kappa shape index (κ1) is 38.2. The maximum atomic E-state index is 14.5.